The minimum atomic E-state index is -0.449. The molecule has 0 saturated carbocycles. The lowest BCUT2D eigenvalue weighted by molar-refractivity contribution is -0.695. The van der Waals surface area contributed by atoms with Gasteiger partial charge in [0.25, 0.3) is 0 Å². The Bertz CT molecular complexity index is 293. The number of nitrogens with two attached hydrogens (primary N) is 1. The molecule has 4 N–H and O–H groups in total. The van der Waals surface area contributed by atoms with E-state index in [1.165, 1.54) is 0 Å². The number of hydrogen-bond donors (Lipinski definition) is 3. The van der Waals surface area contributed by atoms with Gasteiger partial charge in [0.2, 0.25) is 0 Å². The van der Waals surface area contributed by atoms with Crippen LogP contribution in [0.15, 0.2) is 30.3 Å². The molecule has 3 nitrogen and oxygen atoms in total. The average Bonchev–Trinajstić information content (AvgIpc) is 2.28. The minimum Gasteiger partial charge on any atom is -1.00 e. The van der Waals surface area contributed by atoms with Crippen LogP contribution in [0.2, 0.25) is 0 Å². The molecule has 3 atom stereocenters. The van der Waals surface area contributed by atoms with Crippen molar-refractivity contribution in [3.05, 3.63) is 35.9 Å². The third-order valence-corrected chi connectivity index (χ3v) is 2.76. The lowest BCUT2D eigenvalue weighted by Crippen LogP contribution is -3.00. The minimum absolute atomic E-state index is 0. The zero-order valence-corrected chi connectivity index (χ0v) is 11.1. The molecular formula is C13H22ClNO2. The van der Waals surface area contributed by atoms with Gasteiger partial charge in [0.15, 0.2) is 0 Å². The Morgan fingerprint density at radius 2 is 1.71 bits per heavy atom. The molecule has 0 bridgehead atoms. The summed E-state index contributed by atoms with van der Waals surface area (Å²) in [5.74, 6) is 0. The summed E-state index contributed by atoms with van der Waals surface area (Å²) in [6.07, 6.45) is 0.0405. The van der Waals surface area contributed by atoms with Gasteiger partial charge in [-0.05, 0) is 19.4 Å². The summed E-state index contributed by atoms with van der Waals surface area (Å²) in [5, 5.41) is 21.3. The highest BCUT2D eigenvalue weighted by Crippen LogP contribution is 2.13. The second kappa shape index (κ2) is 8.48. The summed E-state index contributed by atoms with van der Waals surface area (Å²) in [6.45, 7) is 4.62. The number of aliphatic hydroxyl groups excluding tert-OH is 2. The first kappa shape index (κ1) is 16.4. The molecule has 1 rings (SSSR count). The maximum Gasteiger partial charge on any atom is 0.130 e. The Hall–Kier alpha value is -0.610. The van der Waals surface area contributed by atoms with Crippen molar-refractivity contribution in [2.24, 2.45) is 0 Å². The Balaban J connectivity index is 0.00000256. The van der Waals surface area contributed by atoms with Gasteiger partial charge in [-0.2, -0.15) is 0 Å². The molecule has 0 aromatic heterocycles. The van der Waals surface area contributed by atoms with Crippen LogP contribution in [-0.2, 0) is 0 Å². The van der Waals surface area contributed by atoms with Crippen LogP contribution < -0.4 is 17.7 Å². The van der Waals surface area contributed by atoms with Crippen molar-refractivity contribution in [1.82, 2.24) is 0 Å². The molecule has 0 aliphatic heterocycles. The fourth-order valence-corrected chi connectivity index (χ4v) is 1.68. The number of halogens is 1. The number of hydrogen-bond acceptors (Lipinski definition) is 2. The molecule has 98 valence electrons. The normalized spacial score (nSPS) is 15.8. The fourth-order valence-electron chi connectivity index (χ4n) is 1.68. The van der Waals surface area contributed by atoms with Crippen LogP contribution in [0, 0.1) is 0 Å². The first-order valence-corrected chi connectivity index (χ1v) is 5.85. The molecule has 0 saturated heterocycles. The molecule has 1 aromatic rings. The number of benzene rings is 1. The van der Waals surface area contributed by atoms with Gasteiger partial charge in [0.1, 0.15) is 12.1 Å². The zero-order valence-electron chi connectivity index (χ0n) is 10.4. The van der Waals surface area contributed by atoms with Crippen LogP contribution in [-0.4, -0.2) is 28.9 Å². The van der Waals surface area contributed by atoms with E-state index in [2.05, 4.69) is 5.32 Å². The molecule has 3 unspecified atom stereocenters. The predicted octanol–water partition coefficient (Wildman–Crippen LogP) is -2.55. The van der Waals surface area contributed by atoms with Crippen LogP contribution in [0.1, 0.15) is 31.9 Å². The van der Waals surface area contributed by atoms with Crippen molar-refractivity contribution in [3.8, 4) is 0 Å². The molecule has 0 aliphatic rings. The SMILES string of the molecule is CC(O)CC[NH2+]C(C)C(O)c1ccccc1.[Cl-]. The van der Waals surface area contributed by atoms with E-state index in [0.717, 1.165) is 18.5 Å². The van der Waals surface area contributed by atoms with E-state index in [0.29, 0.717) is 0 Å². The Kier molecular flexibility index (Phi) is 8.17. The molecular weight excluding hydrogens is 238 g/mol. The highest BCUT2D eigenvalue weighted by Gasteiger charge is 2.18. The molecule has 0 fully saturated rings. The molecule has 0 amide bonds. The van der Waals surface area contributed by atoms with E-state index in [4.69, 9.17) is 5.11 Å². The molecule has 0 spiro atoms. The van der Waals surface area contributed by atoms with Crippen molar-refractivity contribution in [3.63, 3.8) is 0 Å². The van der Waals surface area contributed by atoms with E-state index in [9.17, 15) is 5.11 Å². The van der Waals surface area contributed by atoms with Crippen molar-refractivity contribution < 1.29 is 27.9 Å². The third-order valence-electron chi connectivity index (χ3n) is 2.76. The summed E-state index contributed by atoms with van der Waals surface area (Å²) in [6, 6.07) is 9.79. The van der Waals surface area contributed by atoms with Gasteiger partial charge < -0.3 is 27.9 Å². The summed E-state index contributed by atoms with van der Waals surface area (Å²) in [5.41, 5.74) is 0.947. The monoisotopic (exact) mass is 259 g/mol. The van der Waals surface area contributed by atoms with E-state index in [-0.39, 0.29) is 24.6 Å². The van der Waals surface area contributed by atoms with E-state index < -0.39 is 6.10 Å². The van der Waals surface area contributed by atoms with Gasteiger partial charge in [0.05, 0.1) is 12.6 Å². The highest BCUT2D eigenvalue weighted by atomic mass is 35.5. The Morgan fingerprint density at radius 3 is 2.24 bits per heavy atom. The summed E-state index contributed by atoms with van der Waals surface area (Å²) in [4.78, 5) is 0. The summed E-state index contributed by atoms with van der Waals surface area (Å²) >= 11 is 0. The highest BCUT2D eigenvalue weighted by molar-refractivity contribution is 5.17. The molecule has 1 aromatic carbocycles. The average molecular weight is 260 g/mol. The van der Waals surface area contributed by atoms with Crippen LogP contribution >= 0.6 is 0 Å². The second-order valence-corrected chi connectivity index (χ2v) is 4.38. The van der Waals surface area contributed by atoms with E-state index in [1.54, 1.807) is 6.92 Å². The lowest BCUT2D eigenvalue weighted by atomic mass is 10.0. The summed E-state index contributed by atoms with van der Waals surface area (Å²) in [7, 11) is 0. The summed E-state index contributed by atoms with van der Waals surface area (Å²) < 4.78 is 0. The molecule has 0 radical (unpaired) electrons. The standard InChI is InChI=1S/C13H21NO2.ClH/c1-10(15)8-9-14-11(2)13(16)12-6-4-3-5-7-12;/h3-7,10-11,13-16H,8-9H2,1-2H3;1H. The van der Waals surface area contributed by atoms with Crippen molar-refractivity contribution in [2.75, 3.05) is 6.54 Å². The van der Waals surface area contributed by atoms with Gasteiger partial charge in [-0.1, -0.05) is 30.3 Å². The van der Waals surface area contributed by atoms with Gasteiger partial charge in [-0.25, -0.2) is 0 Å². The first-order valence-electron chi connectivity index (χ1n) is 5.85. The predicted molar refractivity (Wildman–Crippen MR) is 64.0 cm³/mol. The molecule has 4 heteroatoms. The van der Waals surface area contributed by atoms with Crippen molar-refractivity contribution in [2.45, 2.75) is 38.5 Å². The second-order valence-electron chi connectivity index (χ2n) is 4.38. The van der Waals surface area contributed by atoms with Crippen LogP contribution in [0.5, 0.6) is 0 Å². The Morgan fingerprint density at radius 1 is 1.12 bits per heavy atom. The van der Waals surface area contributed by atoms with Crippen molar-refractivity contribution in [1.29, 1.82) is 0 Å². The topological polar surface area (TPSA) is 57.1 Å². The van der Waals surface area contributed by atoms with Gasteiger partial charge >= 0.3 is 0 Å². The maximum absolute atomic E-state index is 10.1. The van der Waals surface area contributed by atoms with Crippen LogP contribution in [0.25, 0.3) is 0 Å². The number of quaternary nitrogens is 1. The first-order chi connectivity index (χ1) is 7.61. The lowest BCUT2D eigenvalue weighted by Gasteiger charge is -2.18. The zero-order chi connectivity index (χ0) is 12.0. The largest absolute Gasteiger partial charge is 1.00 e. The number of aliphatic hydroxyl groups is 2. The van der Waals surface area contributed by atoms with Crippen LogP contribution in [0.4, 0.5) is 0 Å². The third kappa shape index (κ3) is 6.03. The van der Waals surface area contributed by atoms with Gasteiger partial charge in [-0.3, -0.25) is 0 Å². The van der Waals surface area contributed by atoms with Gasteiger partial charge in [-0.15, -0.1) is 0 Å². The molecule has 0 aliphatic carbocycles. The smallest absolute Gasteiger partial charge is 0.130 e. The molecule has 17 heavy (non-hydrogen) atoms. The van der Waals surface area contributed by atoms with Gasteiger partial charge in [0, 0.05) is 6.42 Å². The quantitative estimate of drug-likeness (QED) is 0.527. The Labute approximate surface area is 109 Å². The van der Waals surface area contributed by atoms with Crippen molar-refractivity contribution >= 4 is 0 Å². The maximum atomic E-state index is 10.1. The van der Waals surface area contributed by atoms with E-state index in [1.807, 2.05) is 37.3 Å². The molecule has 0 heterocycles. The van der Waals surface area contributed by atoms with Crippen LogP contribution in [0.3, 0.4) is 0 Å². The number of rotatable bonds is 6. The fraction of sp³-hybridized carbons (Fsp3) is 0.538. The van der Waals surface area contributed by atoms with E-state index >= 15 is 0 Å².